The highest BCUT2D eigenvalue weighted by Crippen LogP contribution is 2.33. The molecule has 1 amide bonds. The molecule has 6 aromatic rings. The summed E-state index contributed by atoms with van der Waals surface area (Å²) in [6.45, 7) is 1.63. The smallest absolute Gasteiger partial charge is 0.407 e. The van der Waals surface area contributed by atoms with Gasteiger partial charge in [0, 0.05) is 32.4 Å². The number of likely N-dealkylation sites (tertiary alicyclic amines) is 1. The number of carboxylic acid groups (broad SMARTS) is 1. The summed E-state index contributed by atoms with van der Waals surface area (Å²) in [5, 5.41) is 9.85. The number of imidazole rings is 1. The Labute approximate surface area is 295 Å². The van der Waals surface area contributed by atoms with Gasteiger partial charge in [-0.1, -0.05) is 42.5 Å². The largest absolute Gasteiger partial charge is 0.497 e. The fraction of sp³-hybridized carbons (Fsp3) is 0.225. The van der Waals surface area contributed by atoms with Crippen molar-refractivity contribution in [1.29, 1.82) is 0 Å². The van der Waals surface area contributed by atoms with Crippen LogP contribution in [0.1, 0.15) is 30.0 Å². The molecule has 0 aliphatic carbocycles. The molecule has 1 N–H and O–H groups in total. The van der Waals surface area contributed by atoms with Crippen LogP contribution in [0.15, 0.2) is 120 Å². The normalized spacial score (nSPS) is 14.3. The Morgan fingerprint density at radius 3 is 1.98 bits per heavy atom. The fourth-order valence-corrected chi connectivity index (χ4v) is 6.71. The Hall–Kier alpha value is -6.23. The molecule has 0 bridgehead atoms. The molecule has 260 valence electrons. The lowest BCUT2D eigenvalue weighted by molar-refractivity contribution is 0.121. The summed E-state index contributed by atoms with van der Waals surface area (Å²) in [6, 6.07) is 34.2. The zero-order valence-electron chi connectivity index (χ0n) is 28.5. The van der Waals surface area contributed by atoms with Gasteiger partial charge in [0.2, 0.25) is 0 Å². The van der Waals surface area contributed by atoms with Crippen LogP contribution in [0, 0.1) is 0 Å². The molecule has 51 heavy (non-hydrogen) atoms. The van der Waals surface area contributed by atoms with Crippen LogP contribution in [0.4, 0.5) is 10.6 Å². The Bertz CT molecular complexity index is 2110. The number of amides is 1. The van der Waals surface area contributed by atoms with Gasteiger partial charge in [0.25, 0.3) is 0 Å². The topological polar surface area (TPSA) is 111 Å². The van der Waals surface area contributed by atoms with Crippen LogP contribution in [0.2, 0.25) is 0 Å². The standard InChI is InChI=1S/C40H39N5O6/c1-49-32-16-10-28(11-17-32)25-43(26-29-12-18-33(50-2)19-13-29)38-37-36(22-23-41-38)44(31-7-6-24-42(27-31)40(47)48)39(46)45(37)30-14-20-35(21-15-30)51-34-8-4-3-5-9-34/h3-5,8-23,31H,6-7,24-27H2,1-2H3,(H,47,48)/t31-/m1/s1. The lowest BCUT2D eigenvalue weighted by Gasteiger charge is -2.31. The average Bonchev–Trinajstić information content (AvgIpc) is 3.47. The van der Waals surface area contributed by atoms with E-state index in [2.05, 4.69) is 4.90 Å². The Morgan fingerprint density at radius 2 is 1.39 bits per heavy atom. The second-order valence-electron chi connectivity index (χ2n) is 12.5. The van der Waals surface area contributed by atoms with Gasteiger partial charge in [-0.05, 0) is 90.7 Å². The molecule has 1 saturated heterocycles. The molecule has 7 rings (SSSR count). The number of rotatable bonds is 11. The average molecular weight is 686 g/mol. The van der Waals surface area contributed by atoms with E-state index in [1.54, 1.807) is 29.6 Å². The first-order valence-electron chi connectivity index (χ1n) is 16.9. The van der Waals surface area contributed by atoms with Gasteiger partial charge in [-0.3, -0.25) is 9.13 Å². The Kier molecular flexibility index (Phi) is 9.60. The third-order valence-electron chi connectivity index (χ3n) is 9.23. The van der Waals surface area contributed by atoms with E-state index < -0.39 is 6.09 Å². The minimum absolute atomic E-state index is 0.220. The third-order valence-corrected chi connectivity index (χ3v) is 9.23. The number of para-hydroxylation sites is 1. The first-order chi connectivity index (χ1) is 24.9. The molecule has 1 aliphatic heterocycles. The molecule has 1 atom stereocenters. The zero-order valence-corrected chi connectivity index (χ0v) is 28.5. The second-order valence-corrected chi connectivity index (χ2v) is 12.5. The molecule has 1 aliphatic rings. The van der Waals surface area contributed by atoms with E-state index in [0.29, 0.717) is 66.5 Å². The second kappa shape index (κ2) is 14.7. The van der Waals surface area contributed by atoms with Gasteiger partial charge in [0.1, 0.15) is 28.5 Å². The van der Waals surface area contributed by atoms with E-state index in [-0.39, 0.29) is 18.3 Å². The maximum Gasteiger partial charge on any atom is 0.407 e. The number of benzene rings is 4. The zero-order chi connectivity index (χ0) is 35.3. The van der Waals surface area contributed by atoms with Gasteiger partial charge >= 0.3 is 11.8 Å². The van der Waals surface area contributed by atoms with Crippen molar-refractivity contribution in [1.82, 2.24) is 19.0 Å². The molecule has 4 aromatic carbocycles. The number of anilines is 1. The maximum atomic E-state index is 14.7. The molecular formula is C40H39N5O6. The number of hydrogen-bond donors (Lipinski definition) is 1. The summed E-state index contributed by atoms with van der Waals surface area (Å²) in [5.41, 5.74) is 3.75. The molecule has 11 nitrogen and oxygen atoms in total. The summed E-state index contributed by atoms with van der Waals surface area (Å²) >= 11 is 0. The van der Waals surface area contributed by atoms with Crippen LogP contribution >= 0.6 is 0 Å². The molecular weight excluding hydrogens is 646 g/mol. The number of ether oxygens (including phenoxy) is 3. The summed E-state index contributed by atoms with van der Waals surface area (Å²) in [7, 11) is 3.28. The van der Waals surface area contributed by atoms with Gasteiger partial charge in [-0.15, -0.1) is 0 Å². The summed E-state index contributed by atoms with van der Waals surface area (Å²) in [6.07, 6.45) is 2.06. The van der Waals surface area contributed by atoms with Gasteiger partial charge in [0.15, 0.2) is 5.82 Å². The first kappa shape index (κ1) is 33.3. The predicted octanol–water partition coefficient (Wildman–Crippen LogP) is 7.52. The lowest BCUT2D eigenvalue weighted by atomic mass is 10.1. The van der Waals surface area contributed by atoms with E-state index >= 15 is 0 Å². The van der Waals surface area contributed by atoms with E-state index in [1.807, 2.05) is 109 Å². The molecule has 0 spiro atoms. The number of methoxy groups -OCH3 is 2. The van der Waals surface area contributed by atoms with Crippen LogP contribution in [-0.2, 0) is 13.1 Å². The van der Waals surface area contributed by atoms with Crippen molar-refractivity contribution in [2.24, 2.45) is 0 Å². The maximum absolute atomic E-state index is 14.7. The van der Waals surface area contributed by atoms with Gasteiger partial charge in [0.05, 0.1) is 31.5 Å². The van der Waals surface area contributed by atoms with Crippen molar-refractivity contribution >= 4 is 22.9 Å². The highest BCUT2D eigenvalue weighted by atomic mass is 16.5. The highest BCUT2D eigenvalue weighted by Gasteiger charge is 2.30. The predicted molar refractivity (Wildman–Crippen MR) is 196 cm³/mol. The number of pyridine rings is 1. The molecule has 11 heteroatoms. The van der Waals surface area contributed by atoms with Crippen LogP contribution in [0.3, 0.4) is 0 Å². The van der Waals surface area contributed by atoms with Gasteiger partial charge in [-0.2, -0.15) is 0 Å². The van der Waals surface area contributed by atoms with Crippen molar-refractivity contribution in [3.8, 4) is 28.7 Å². The number of fused-ring (bicyclic) bond motifs is 1. The monoisotopic (exact) mass is 685 g/mol. The van der Waals surface area contributed by atoms with Crippen molar-refractivity contribution < 1.29 is 24.1 Å². The summed E-state index contributed by atoms with van der Waals surface area (Å²) in [4.78, 5) is 35.2. The van der Waals surface area contributed by atoms with Crippen LogP contribution in [0.5, 0.6) is 23.0 Å². The van der Waals surface area contributed by atoms with Crippen molar-refractivity contribution in [2.45, 2.75) is 32.0 Å². The molecule has 2 aromatic heterocycles. The van der Waals surface area contributed by atoms with Crippen LogP contribution < -0.4 is 24.8 Å². The van der Waals surface area contributed by atoms with E-state index in [0.717, 1.165) is 22.6 Å². The molecule has 1 fully saturated rings. The summed E-state index contributed by atoms with van der Waals surface area (Å²) in [5.74, 6) is 3.47. The molecule has 3 heterocycles. The third kappa shape index (κ3) is 7.09. The van der Waals surface area contributed by atoms with E-state index in [1.165, 1.54) is 4.90 Å². The van der Waals surface area contributed by atoms with Crippen molar-refractivity contribution in [3.05, 3.63) is 137 Å². The number of hydrogen-bond acceptors (Lipinski definition) is 7. The minimum Gasteiger partial charge on any atom is -0.497 e. The number of nitrogens with zero attached hydrogens (tertiary/aromatic N) is 5. The molecule has 0 unspecified atom stereocenters. The Balaban J connectivity index is 1.38. The lowest BCUT2D eigenvalue weighted by Crippen LogP contribution is -2.42. The number of aromatic nitrogens is 3. The first-order valence-corrected chi connectivity index (χ1v) is 16.9. The highest BCUT2D eigenvalue weighted by molar-refractivity contribution is 5.89. The van der Waals surface area contributed by atoms with Crippen molar-refractivity contribution in [3.63, 3.8) is 0 Å². The quantitative estimate of drug-likeness (QED) is 0.149. The summed E-state index contributed by atoms with van der Waals surface area (Å²) < 4.78 is 20.3. The number of carbonyl (C=O) groups is 1. The molecule has 0 saturated carbocycles. The number of piperidine rings is 1. The van der Waals surface area contributed by atoms with Crippen molar-refractivity contribution in [2.75, 3.05) is 32.2 Å². The van der Waals surface area contributed by atoms with Gasteiger partial charge in [-0.25, -0.2) is 14.6 Å². The fourth-order valence-electron chi connectivity index (χ4n) is 6.71. The van der Waals surface area contributed by atoms with E-state index in [9.17, 15) is 14.7 Å². The van der Waals surface area contributed by atoms with Crippen LogP contribution in [-0.4, -0.2) is 57.5 Å². The van der Waals surface area contributed by atoms with Gasteiger partial charge < -0.3 is 29.1 Å². The van der Waals surface area contributed by atoms with Crippen LogP contribution in [0.25, 0.3) is 16.7 Å². The SMILES string of the molecule is COc1ccc(CN(Cc2ccc(OC)cc2)c2nccc3c2n(-c2ccc(Oc4ccccc4)cc2)c(=O)n3[C@@H]2CCCN(C(=O)O)C2)cc1. The Morgan fingerprint density at radius 1 is 0.804 bits per heavy atom. The minimum atomic E-state index is -0.988. The van der Waals surface area contributed by atoms with E-state index in [4.69, 9.17) is 19.2 Å². The molecule has 0 radical (unpaired) electrons.